The molecule has 0 unspecified atom stereocenters. The molecule has 2 aromatic carbocycles. The quantitative estimate of drug-likeness (QED) is 0.112. The SMILES string of the molecule is N=C(N)c1ccc(CC(=O)C(=O)O)c(OC[C@@H](CCC(=O)O)NC(=O)c2ccc(N=C(N)N)cc2)c1. The van der Waals surface area contributed by atoms with E-state index in [-0.39, 0.29) is 53.7 Å². The number of ketones is 1. The lowest BCUT2D eigenvalue weighted by Crippen LogP contribution is -2.39. The molecule has 0 saturated heterocycles. The zero-order valence-electron chi connectivity index (χ0n) is 19.1. The van der Waals surface area contributed by atoms with Crippen LogP contribution in [0, 0.1) is 5.41 Å². The van der Waals surface area contributed by atoms with E-state index in [1.807, 2.05) is 0 Å². The third kappa shape index (κ3) is 8.44. The largest absolute Gasteiger partial charge is 0.491 e. The van der Waals surface area contributed by atoms with Crippen LogP contribution < -0.4 is 27.3 Å². The molecular formula is C23H26N6O7. The molecule has 0 aliphatic heterocycles. The number of aliphatic carboxylic acids is 2. The first kappa shape index (κ1) is 27.3. The van der Waals surface area contributed by atoms with Gasteiger partial charge in [0.05, 0.1) is 11.7 Å². The number of amidine groups is 1. The molecule has 13 nitrogen and oxygen atoms in total. The summed E-state index contributed by atoms with van der Waals surface area (Å²) in [6, 6.07) is 9.47. The molecule has 0 aromatic heterocycles. The molecule has 13 heteroatoms. The van der Waals surface area contributed by atoms with Crippen molar-refractivity contribution in [1.29, 1.82) is 5.41 Å². The van der Waals surface area contributed by atoms with Crippen molar-refractivity contribution in [1.82, 2.24) is 5.32 Å². The maximum Gasteiger partial charge on any atom is 0.372 e. The van der Waals surface area contributed by atoms with Gasteiger partial charge in [0, 0.05) is 29.5 Å². The summed E-state index contributed by atoms with van der Waals surface area (Å²) in [4.78, 5) is 50.4. The van der Waals surface area contributed by atoms with Crippen LogP contribution in [0.2, 0.25) is 0 Å². The van der Waals surface area contributed by atoms with Gasteiger partial charge in [-0.1, -0.05) is 12.1 Å². The fourth-order valence-electron chi connectivity index (χ4n) is 3.04. The Morgan fingerprint density at radius 2 is 1.64 bits per heavy atom. The average Bonchev–Trinajstić information content (AvgIpc) is 2.81. The second kappa shape index (κ2) is 12.5. The van der Waals surface area contributed by atoms with Crippen molar-refractivity contribution < 1.29 is 34.1 Å². The molecule has 0 spiro atoms. The number of nitrogens with zero attached hydrogens (tertiary/aromatic N) is 1. The summed E-state index contributed by atoms with van der Waals surface area (Å²) in [5.74, 6) is -4.63. The fraction of sp³-hybridized carbons (Fsp3) is 0.217. The van der Waals surface area contributed by atoms with E-state index in [1.54, 1.807) is 0 Å². The Morgan fingerprint density at radius 1 is 1.00 bits per heavy atom. The summed E-state index contributed by atoms with van der Waals surface area (Å²) < 4.78 is 5.75. The van der Waals surface area contributed by atoms with E-state index in [1.165, 1.54) is 42.5 Å². The minimum absolute atomic E-state index is 0.0168. The number of carbonyl (C=O) groups is 4. The highest BCUT2D eigenvalue weighted by molar-refractivity contribution is 6.33. The minimum Gasteiger partial charge on any atom is -0.491 e. The molecule has 1 amide bonds. The molecule has 2 rings (SSSR count). The van der Waals surface area contributed by atoms with Crippen LogP contribution in [0.15, 0.2) is 47.5 Å². The van der Waals surface area contributed by atoms with Gasteiger partial charge >= 0.3 is 11.9 Å². The number of nitrogens with two attached hydrogens (primary N) is 3. The molecule has 1 atom stereocenters. The average molecular weight is 498 g/mol. The number of hydrogen-bond acceptors (Lipinski definition) is 7. The van der Waals surface area contributed by atoms with Gasteiger partial charge in [-0.2, -0.15) is 0 Å². The van der Waals surface area contributed by atoms with Crippen LogP contribution in [0.25, 0.3) is 0 Å². The maximum atomic E-state index is 12.7. The van der Waals surface area contributed by atoms with E-state index < -0.39 is 36.1 Å². The molecule has 190 valence electrons. The number of carboxylic acids is 2. The first-order chi connectivity index (χ1) is 17.0. The number of ether oxygens (including phenoxy) is 1. The van der Waals surface area contributed by atoms with Gasteiger partial charge in [-0.05, 0) is 36.8 Å². The number of rotatable bonds is 13. The van der Waals surface area contributed by atoms with Crippen LogP contribution >= 0.6 is 0 Å². The number of amides is 1. The standard InChI is InChI=1S/C23H26N6O7/c24-20(25)14-2-1-13(9-17(30)22(34)35)18(10-14)36-11-16(7-8-19(31)32)28-21(33)12-3-5-15(6-4-12)29-23(26)27/h1-6,10,16H,7-9,11H2,(H3,24,25)(H,28,33)(H,31,32)(H,34,35)(H4,26,27,29)/t16-/m1/s1. The van der Waals surface area contributed by atoms with Gasteiger partial charge in [-0.25, -0.2) is 9.79 Å². The highest BCUT2D eigenvalue weighted by atomic mass is 16.5. The van der Waals surface area contributed by atoms with E-state index >= 15 is 0 Å². The van der Waals surface area contributed by atoms with Gasteiger partial charge in [0.1, 0.15) is 18.2 Å². The van der Waals surface area contributed by atoms with Gasteiger partial charge < -0.3 is 37.5 Å². The lowest BCUT2D eigenvalue weighted by atomic mass is 10.0. The Kier molecular flexibility index (Phi) is 9.48. The van der Waals surface area contributed by atoms with Gasteiger partial charge in [-0.15, -0.1) is 0 Å². The number of guanidine groups is 1. The number of nitrogens with one attached hydrogen (secondary N) is 2. The second-order valence-corrected chi connectivity index (χ2v) is 7.64. The molecule has 0 aliphatic carbocycles. The van der Waals surface area contributed by atoms with E-state index in [0.29, 0.717) is 5.69 Å². The summed E-state index contributed by atoms with van der Waals surface area (Å²) in [5, 5.41) is 28.3. The molecular weight excluding hydrogens is 472 g/mol. The maximum absolute atomic E-state index is 12.7. The predicted molar refractivity (Wildman–Crippen MR) is 129 cm³/mol. The summed E-state index contributed by atoms with van der Waals surface area (Å²) >= 11 is 0. The zero-order chi connectivity index (χ0) is 26.8. The molecule has 2 aromatic rings. The Balaban J connectivity index is 2.22. The number of nitrogen functional groups attached to an aromatic ring is 1. The van der Waals surface area contributed by atoms with Crippen molar-refractivity contribution in [2.45, 2.75) is 25.3 Å². The monoisotopic (exact) mass is 498 g/mol. The predicted octanol–water partition coefficient (Wildman–Crippen LogP) is 0.114. The minimum atomic E-state index is -1.62. The van der Waals surface area contributed by atoms with Crippen molar-refractivity contribution in [2.24, 2.45) is 22.2 Å². The van der Waals surface area contributed by atoms with Crippen LogP contribution in [0.1, 0.15) is 34.3 Å². The van der Waals surface area contributed by atoms with Crippen LogP contribution in [0.5, 0.6) is 5.75 Å². The van der Waals surface area contributed by atoms with Crippen molar-refractivity contribution in [3.63, 3.8) is 0 Å². The van der Waals surface area contributed by atoms with Crippen LogP contribution in [-0.2, 0) is 20.8 Å². The second-order valence-electron chi connectivity index (χ2n) is 7.64. The number of carboxylic acid groups (broad SMARTS) is 2. The molecule has 0 saturated carbocycles. The van der Waals surface area contributed by atoms with Crippen LogP contribution in [-0.4, -0.2) is 58.3 Å². The Hall–Kier alpha value is -4.94. The first-order valence-corrected chi connectivity index (χ1v) is 10.5. The highest BCUT2D eigenvalue weighted by Gasteiger charge is 2.20. The normalized spacial score (nSPS) is 11.1. The summed E-state index contributed by atoms with van der Waals surface area (Å²) in [6.07, 6.45) is -0.727. The van der Waals surface area contributed by atoms with Crippen LogP contribution in [0.4, 0.5) is 5.69 Å². The Bertz CT molecular complexity index is 1190. The first-order valence-electron chi connectivity index (χ1n) is 10.5. The fourth-order valence-corrected chi connectivity index (χ4v) is 3.04. The number of Topliss-reactive ketones (excluding diaryl/α,β-unsaturated/α-hetero) is 1. The third-order valence-electron chi connectivity index (χ3n) is 4.84. The lowest BCUT2D eigenvalue weighted by molar-refractivity contribution is -0.148. The molecule has 0 radical (unpaired) electrons. The smallest absolute Gasteiger partial charge is 0.372 e. The summed E-state index contributed by atoms with van der Waals surface area (Å²) in [7, 11) is 0. The van der Waals surface area contributed by atoms with E-state index in [2.05, 4.69) is 10.3 Å². The molecule has 0 heterocycles. The Labute approximate surface area is 205 Å². The van der Waals surface area contributed by atoms with Crippen LogP contribution in [0.3, 0.4) is 0 Å². The Morgan fingerprint density at radius 3 is 2.19 bits per heavy atom. The van der Waals surface area contributed by atoms with E-state index in [0.717, 1.165) is 0 Å². The topological polar surface area (TPSA) is 244 Å². The number of carbonyl (C=O) groups excluding carboxylic acids is 2. The number of hydrogen-bond donors (Lipinski definition) is 7. The van der Waals surface area contributed by atoms with Crippen molar-refractivity contribution in [2.75, 3.05) is 6.61 Å². The van der Waals surface area contributed by atoms with E-state index in [4.69, 9.17) is 37.6 Å². The molecule has 10 N–H and O–H groups in total. The highest BCUT2D eigenvalue weighted by Crippen LogP contribution is 2.22. The molecule has 0 bridgehead atoms. The third-order valence-corrected chi connectivity index (χ3v) is 4.84. The van der Waals surface area contributed by atoms with Crippen molar-refractivity contribution >= 4 is 41.1 Å². The van der Waals surface area contributed by atoms with Gasteiger partial charge in [0.15, 0.2) is 5.96 Å². The lowest BCUT2D eigenvalue weighted by Gasteiger charge is -2.20. The van der Waals surface area contributed by atoms with Crippen molar-refractivity contribution in [3.05, 3.63) is 59.2 Å². The summed E-state index contributed by atoms with van der Waals surface area (Å²) in [6.45, 7) is -0.208. The van der Waals surface area contributed by atoms with Gasteiger partial charge in [0.25, 0.3) is 5.91 Å². The van der Waals surface area contributed by atoms with Gasteiger partial charge in [-0.3, -0.25) is 19.8 Å². The zero-order valence-corrected chi connectivity index (χ0v) is 19.1. The van der Waals surface area contributed by atoms with Crippen molar-refractivity contribution in [3.8, 4) is 5.75 Å². The number of aliphatic imine (C=N–C) groups is 1. The molecule has 0 aliphatic rings. The molecule has 0 fully saturated rings. The summed E-state index contributed by atoms with van der Waals surface area (Å²) in [5.41, 5.74) is 17.4. The molecule has 36 heavy (non-hydrogen) atoms. The van der Waals surface area contributed by atoms with Gasteiger partial charge in [0.2, 0.25) is 5.78 Å². The van der Waals surface area contributed by atoms with E-state index in [9.17, 15) is 19.2 Å². The number of benzene rings is 2.